The monoisotopic (exact) mass is 392 g/mol. The molecule has 0 bridgehead atoms. The smallest absolute Gasteiger partial charge is 0.317 e. The Hall–Kier alpha value is -4.08. The highest BCUT2D eigenvalue weighted by molar-refractivity contribution is 6.06. The van der Waals surface area contributed by atoms with E-state index in [1.54, 1.807) is 31.2 Å². The van der Waals surface area contributed by atoms with E-state index in [4.69, 9.17) is 0 Å². The van der Waals surface area contributed by atoms with E-state index >= 15 is 0 Å². The average Bonchev–Trinajstić information content (AvgIpc) is 2.70. The van der Waals surface area contributed by atoms with Crippen LogP contribution in [0.15, 0.2) is 44.7 Å². The molecule has 0 radical (unpaired) electrons. The minimum atomic E-state index is -0.638. The number of fused-ring (bicyclic) bond motifs is 2. The van der Waals surface area contributed by atoms with Gasteiger partial charge in [-0.3, -0.25) is 23.5 Å². The van der Waals surface area contributed by atoms with Crippen LogP contribution in [0.3, 0.4) is 0 Å². The van der Waals surface area contributed by atoms with Gasteiger partial charge in [0.05, 0.1) is 27.7 Å². The van der Waals surface area contributed by atoms with Gasteiger partial charge >= 0.3 is 5.69 Å². The van der Waals surface area contributed by atoms with E-state index < -0.39 is 22.7 Å². The lowest BCUT2D eigenvalue weighted by Crippen LogP contribution is -2.37. The molecule has 0 aliphatic rings. The molecule has 0 unspecified atom stereocenters. The average molecular weight is 392 g/mol. The van der Waals surface area contributed by atoms with Gasteiger partial charge in [0, 0.05) is 14.1 Å². The summed E-state index contributed by atoms with van der Waals surface area (Å²) < 4.78 is 2.18. The molecule has 0 saturated carbocycles. The second-order valence-corrected chi connectivity index (χ2v) is 6.58. The standard InChI is InChI=1S/C19H16N6O4/c1-9-10(8-11-15(20-9)24(2)19(29)25(3)18(11)28)16(26)23-14-17(27)22-13-7-5-4-6-12(13)21-14/h4-8H,1-3H3,(H,22,27)(H,21,23,26). The molecular weight excluding hydrogens is 376 g/mol. The van der Waals surface area contributed by atoms with E-state index in [2.05, 4.69) is 20.3 Å². The summed E-state index contributed by atoms with van der Waals surface area (Å²) in [5.74, 6) is -0.803. The van der Waals surface area contributed by atoms with Crippen molar-refractivity contribution in [1.29, 1.82) is 0 Å². The molecule has 1 aromatic carbocycles. The quantitative estimate of drug-likeness (QED) is 0.508. The molecule has 10 nitrogen and oxygen atoms in total. The normalized spacial score (nSPS) is 11.1. The predicted octanol–water partition coefficient (Wildman–Crippen LogP) is 0.429. The molecule has 3 aromatic heterocycles. The van der Waals surface area contributed by atoms with Crippen LogP contribution in [0.5, 0.6) is 0 Å². The summed E-state index contributed by atoms with van der Waals surface area (Å²) >= 11 is 0. The van der Waals surface area contributed by atoms with Crippen LogP contribution in [-0.4, -0.2) is 30.0 Å². The SMILES string of the molecule is Cc1nc2c(cc1C(=O)Nc1nc3ccccc3[nH]c1=O)c(=O)n(C)c(=O)n2C. The topological polar surface area (TPSA) is 132 Å². The van der Waals surface area contributed by atoms with E-state index in [9.17, 15) is 19.2 Å². The van der Waals surface area contributed by atoms with Gasteiger partial charge in [-0.25, -0.2) is 14.8 Å². The molecule has 0 spiro atoms. The number of H-pyrrole nitrogens is 1. The van der Waals surface area contributed by atoms with Gasteiger partial charge in [-0.1, -0.05) is 12.1 Å². The summed E-state index contributed by atoms with van der Waals surface area (Å²) in [6.45, 7) is 1.58. The Morgan fingerprint density at radius 3 is 2.55 bits per heavy atom. The number of amides is 1. The highest BCUT2D eigenvalue weighted by Gasteiger charge is 2.18. The molecule has 4 rings (SSSR count). The summed E-state index contributed by atoms with van der Waals surface area (Å²) in [6, 6.07) is 8.29. The van der Waals surface area contributed by atoms with E-state index in [0.29, 0.717) is 16.7 Å². The van der Waals surface area contributed by atoms with E-state index in [1.165, 1.54) is 24.7 Å². The zero-order valence-electron chi connectivity index (χ0n) is 15.8. The Labute approximate surface area is 162 Å². The van der Waals surface area contributed by atoms with Crippen LogP contribution in [0, 0.1) is 6.92 Å². The van der Waals surface area contributed by atoms with Crippen LogP contribution in [0.4, 0.5) is 5.82 Å². The van der Waals surface area contributed by atoms with E-state index in [0.717, 1.165) is 4.57 Å². The van der Waals surface area contributed by atoms with Crippen molar-refractivity contribution in [3.05, 3.63) is 72.8 Å². The minimum Gasteiger partial charge on any atom is -0.317 e. The van der Waals surface area contributed by atoms with Crippen molar-refractivity contribution in [2.24, 2.45) is 14.1 Å². The fourth-order valence-electron chi connectivity index (χ4n) is 3.11. The molecule has 0 aliphatic carbocycles. The minimum absolute atomic E-state index is 0.0996. The van der Waals surface area contributed by atoms with Gasteiger partial charge in [0.1, 0.15) is 5.65 Å². The summed E-state index contributed by atoms with van der Waals surface area (Å²) in [7, 11) is 2.84. The van der Waals surface area contributed by atoms with Gasteiger partial charge in [-0.2, -0.15) is 0 Å². The van der Waals surface area contributed by atoms with Crippen molar-refractivity contribution in [2.45, 2.75) is 6.92 Å². The molecule has 0 fully saturated rings. The third-order valence-electron chi connectivity index (χ3n) is 4.70. The van der Waals surface area contributed by atoms with Crippen molar-refractivity contribution in [3.63, 3.8) is 0 Å². The molecule has 0 saturated heterocycles. The first-order valence-electron chi connectivity index (χ1n) is 8.65. The van der Waals surface area contributed by atoms with Crippen LogP contribution in [0.2, 0.25) is 0 Å². The summed E-state index contributed by atoms with van der Waals surface area (Å²) in [5, 5.41) is 2.59. The zero-order chi connectivity index (χ0) is 20.9. The number of nitrogens with one attached hydrogen (secondary N) is 2. The van der Waals surface area contributed by atoms with Crippen LogP contribution < -0.4 is 22.1 Å². The number of nitrogens with zero attached hydrogens (tertiary/aromatic N) is 4. The fraction of sp³-hybridized carbons (Fsp3) is 0.158. The lowest BCUT2D eigenvalue weighted by molar-refractivity contribution is 0.102. The molecular formula is C19H16N6O4. The van der Waals surface area contributed by atoms with Crippen LogP contribution >= 0.6 is 0 Å². The first kappa shape index (κ1) is 18.3. The van der Waals surface area contributed by atoms with Crippen molar-refractivity contribution in [1.82, 2.24) is 24.1 Å². The highest BCUT2D eigenvalue weighted by atomic mass is 16.2. The molecule has 0 aliphatic heterocycles. The maximum absolute atomic E-state index is 12.8. The van der Waals surface area contributed by atoms with Crippen LogP contribution in [0.1, 0.15) is 16.1 Å². The fourth-order valence-corrected chi connectivity index (χ4v) is 3.11. The number of rotatable bonds is 2. The largest absolute Gasteiger partial charge is 0.332 e. The number of aromatic amines is 1. The number of benzene rings is 1. The van der Waals surface area contributed by atoms with Crippen LogP contribution in [0.25, 0.3) is 22.1 Å². The number of pyridine rings is 1. The van der Waals surface area contributed by atoms with Gasteiger partial charge in [0.2, 0.25) is 0 Å². The first-order chi connectivity index (χ1) is 13.8. The molecule has 1 amide bonds. The third-order valence-corrected chi connectivity index (χ3v) is 4.70. The summed E-state index contributed by atoms with van der Waals surface area (Å²) in [6.07, 6.45) is 0. The molecule has 0 atom stereocenters. The number of carbonyl (C=O) groups excluding carboxylic acids is 1. The first-order valence-corrected chi connectivity index (χ1v) is 8.65. The second-order valence-electron chi connectivity index (χ2n) is 6.58. The number of hydrogen-bond donors (Lipinski definition) is 2. The Balaban J connectivity index is 1.83. The number of para-hydroxylation sites is 2. The molecule has 146 valence electrons. The van der Waals surface area contributed by atoms with Crippen LogP contribution in [-0.2, 0) is 14.1 Å². The van der Waals surface area contributed by atoms with Gasteiger partial charge in [-0.15, -0.1) is 0 Å². The third kappa shape index (κ3) is 2.90. The van der Waals surface area contributed by atoms with Crippen molar-refractivity contribution < 1.29 is 4.79 Å². The van der Waals surface area contributed by atoms with Crippen molar-refractivity contribution >= 4 is 33.8 Å². The lowest BCUT2D eigenvalue weighted by Gasteiger charge is -2.11. The van der Waals surface area contributed by atoms with Gasteiger partial charge in [-0.05, 0) is 25.1 Å². The Bertz CT molecular complexity index is 1500. The van der Waals surface area contributed by atoms with Crippen molar-refractivity contribution in [2.75, 3.05) is 5.32 Å². The van der Waals surface area contributed by atoms with Crippen molar-refractivity contribution in [3.8, 4) is 0 Å². The number of hydrogen-bond acceptors (Lipinski definition) is 6. The summed E-state index contributed by atoms with van der Waals surface area (Å²) in [4.78, 5) is 60.7. The number of anilines is 1. The van der Waals surface area contributed by atoms with Gasteiger partial charge in [0.15, 0.2) is 5.82 Å². The zero-order valence-corrected chi connectivity index (χ0v) is 15.8. The maximum Gasteiger partial charge on any atom is 0.332 e. The molecule has 2 N–H and O–H groups in total. The Morgan fingerprint density at radius 2 is 1.79 bits per heavy atom. The van der Waals surface area contributed by atoms with Gasteiger partial charge in [0.25, 0.3) is 17.0 Å². The maximum atomic E-state index is 12.8. The Kier molecular flexibility index (Phi) is 4.11. The number of carbonyl (C=O) groups is 1. The second kappa shape index (κ2) is 6.51. The molecule has 4 aromatic rings. The van der Waals surface area contributed by atoms with E-state index in [1.807, 2.05) is 0 Å². The van der Waals surface area contributed by atoms with Gasteiger partial charge < -0.3 is 10.3 Å². The molecule has 3 heterocycles. The molecule has 29 heavy (non-hydrogen) atoms. The lowest BCUT2D eigenvalue weighted by atomic mass is 10.1. The number of aryl methyl sites for hydroxylation is 2. The number of aromatic nitrogens is 5. The molecule has 10 heteroatoms. The summed E-state index contributed by atoms with van der Waals surface area (Å²) in [5.41, 5.74) is 0.00147. The van der Waals surface area contributed by atoms with E-state index in [-0.39, 0.29) is 22.4 Å². The highest BCUT2D eigenvalue weighted by Crippen LogP contribution is 2.14. The predicted molar refractivity (Wildman–Crippen MR) is 107 cm³/mol. The Morgan fingerprint density at radius 1 is 1.07 bits per heavy atom.